The number of rotatable bonds is 1. The Labute approximate surface area is 81.2 Å². The molecule has 2 aromatic heterocycles. The Bertz CT molecular complexity index is 428. The summed E-state index contributed by atoms with van der Waals surface area (Å²) >= 11 is 6.13. The minimum Gasteiger partial charge on any atom is -0.343 e. The van der Waals surface area contributed by atoms with Crippen molar-refractivity contribution in [3.8, 4) is 0 Å². The van der Waals surface area contributed by atoms with E-state index in [9.17, 15) is 0 Å². The molecule has 0 radical (unpaired) electrons. The Morgan fingerprint density at radius 3 is 2.85 bits per heavy atom. The van der Waals surface area contributed by atoms with Gasteiger partial charge in [0.2, 0.25) is 0 Å². The van der Waals surface area contributed by atoms with E-state index < -0.39 is 4.87 Å². The maximum Gasteiger partial charge on any atom is 0.0932 e. The minimum absolute atomic E-state index is 0.437. The zero-order chi connectivity index (χ0) is 9.47. The first kappa shape index (κ1) is 8.51. The summed E-state index contributed by atoms with van der Waals surface area (Å²) in [5, 5.41) is 0. The first-order valence-electron chi connectivity index (χ1n) is 4.06. The molecule has 0 fully saturated rings. The van der Waals surface area contributed by atoms with Crippen molar-refractivity contribution in [2.75, 3.05) is 0 Å². The van der Waals surface area contributed by atoms with E-state index in [1.54, 1.807) is 12.5 Å². The third-order valence-electron chi connectivity index (χ3n) is 1.91. The van der Waals surface area contributed by atoms with Crippen LogP contribution in [-0.4, -0.2) is 15.0 Å². The third kappa shape index (κ3) is 1.52. The SMILES string of the molecule is CC(C)(Cl)c1cc2nc[nH]c2cn1. The maximum absolute atomic E-state index is 6.13. The van der Waals surface area contributed by atoms with Gasteiger partial charge in [-0.05, 0) is 19.9 Å². The van der Waals surface area contributed by atoms with Gasteiger partial charge < -0.3 is 4.98 Å². The van der Waals surface area contributed by atoms with Crippen LogP contribution in [0.2, 0.25) is 0 Å². The molecule has 0 amide bonds. The fourth-order valence-corrected chi connectivity index (χ4v) is 1.26. The van der Waals surface area contributed by atoms with E-state index in [1.807, 2.05) is 19.9 Å². The molecule has 0 saturated heterocycles. The zero-order valence-electron chi connectivity index (χ0n) is 7.50. The predicted molar refractivity (Wildman–Crippen MR) is 52.8 cm³/mol. The van der Waals surface area contributed by atoms with Crippen LogP contribution in [0.15, 0.2) is 18.6 Å². The fraction of sp³-hybridized carbons (Fsp3) is 0.333. The van der Waals surface area contributed by atoms with Gasteiger partial charge in [-0.3, -0.25) is 4.98 Å². The molecule has 0 spiro atoms. The second-order valence-electron chi connectivity index (χ2n) is 3.46. The van der Waals surface area contributed by atoms with Gasteiger partial charge in [-0.1, -0.05) is 0 Å². The lowest BCUT2D eigenvalue weighted by atomic mass is 10.1. The van der Waals surface area contributed by atoms with Crippen molar-refractivity contribution < 1.29 is 0 Å². The first-order chi connectivity index (χ1) is 6.07. The highest BCUT2D eigenvalue weighted by atomic mass is 35.5. The molecule has 13 heavy (non-hydrogen) atoms. The maximum atomic E-state index is 6.13. The molecule has 0 bridgehead atoms. The Morgan fingerprint density at radius 1 is 1.38 bits per heavy atom. The summed E-state index contributed by atoms with van der Waals surface area (Å²) in [6.07, 6.45) is 3.40. The summed E-state index contributed by atoms with van der Waals surface area (Å²) in [4.78, 5) is 10.9. The van der Waals surface area contributed by atoms with E-state index in [1.165, 1.54) is 0 Å². The molecule has 2 aromatic rings. The number of alkyl halides is 1. The third-order valence-corrected chi connectivity index (χ3v) is 2.11. The summed E-state index contributed by atoms with van der Waals surface area (Å²) in [5.41, 5.74) is 2.68. The summed E-state index contributed by atoms with van der Waals surface area (Å²) in [5.74, 6) is 0. The number of aromatic nitrogens is 3. The van der Waals surface area contributed by atoms with Crippen molar-refractivity contribution in [3.63, 3.8) is 0 Å². The largest absolute Gasteiger partial charge is 0.343 e. The summed E-state index contributed by atoms with van der Waals surface area (Å²) in [6, 6.07) is 1.90. The Morgan fingerprint density at radius 2 is 2.15 bits per heavy atom. The van der Waals surface area contributed by atoms with Crippen molar-refractivity contribution in [2.24, 2.45) is 0 Å². The fourth-order valence-electron chi connectivity index (χ4n) is 1.16. The number of nitrogens with zero attached hydrogens (tertiary/aromatic N) is 2. The quantitative estimate of drug-likeness (QED) is 0.711. The average Bonchev–Trinajstić information content (AvgIpc) is 2.47. The molecule has 3 nitrogen and oxygen atoms in total. The summed E-state index contributed by atoms with van der Waals surface area (Å²) in [6.45, 7) is 3.82. The first-order valence-corrected chi connectivity index (χ1v) is 4.44. The lowest BCUT2D eigenvalue weighted by Gasteiger charge is -2.13. The topological polar surface area (TPSA) is 41.6 Å². The molecule has 68 valence electrons. The van der Waals surface area contributed by atoms with Crippen LogP contribution >= 0.6 is 11.6 Å². The molecule has 0 saturated carbocycles. The molecule has 0 aliphatic rings. The van der Waals surface area contributed by atoms with E-state index in [0.29, 0.717) is 0 Å². The lowest BCUT2D eigenvalue weighted by Crippen LogP contribution is -2.09. The number of nitrogens with one attached hydrogen (secondary N) is 1. The van der Waals surface area contributed by atoms with E-state index in [2.05, 4.69) is 15.0 Å². The van der Waals surface area contributed by atoms with Crippen LogP contribution in [0.5, 0.6) is 0 Å². The van der Waals surface area contributed by atoms with Crippen LogP contribution < -0.4 is 0 Å². The van der Waals surface area contributed by atoms with Crippen molar-refractivity contribution in [3.05, 3.63) is 24.3 Å². The molecule has 0 unspecified atom stereocenters. The second-order valence-corrected chi connectivity index (χ2v) is 4.41. The molecule has 2 heterocycles. The smallest absolute Gasteiger partial charge is 0.0932 e. The molecule has 0 atom stereocenters. The second kappa shape index (κ2) is 2.70. The van der Waals surface area contributed by atoms with E-state index in [-0.39, 0.29) is 0 Å². The van der Waals surface area contributed by atoms with Gasteiger partial charge >= 0.3 is 0 Å². The van der Waals surface area contributed by atoms with Gasteiger partial charge in [-0.2, -0.15) is 0 Å². The Hall–Kier alpha value is -1.09. The van der Waals surface area contributed by atoms with Gasteiger partial charge in [0.05, 0.1) is 34.1 Å². The number of H-pyrrole nitrogens is 1. The van der Waals surface area contributed by atoms with Gasteiger partial charge in [-0.25, -0.2) is 4.98 Å². The van der Waals surface area contributed by atoms with Gasteiger partial charge in [0, 0.05) is 0 Å². The predicted octanol–water partition coefficient (Wildman–Crippen LogP) is 2.43. The average molecular weight is 196 g/mol. The number of imidazole rings is 1. The van der Waals surface area contributed by atoms with Crippen LogP contribution in [0.3, 0.4) is 0 Å². The van der Waals surface area contributed by atoms with E-state index in [4.69, 9.17) is 11.6 Å². The molecular weight excluding hydrogens is 186 g/mol. The zero-order valence-corrected chi connectivity index (χ0v) is 8.26. The minimum atomic E-state index is -0.437. The van der Waals surface area contributed by atoms with Crippen LogP contribution in [0.25, 0.3) is 11.0 Å². The molecular formula is C9H10ClN3. The van der Waals surface area contributed by atoms with Gasteiger partial charge in [0.25, 0.3) is 0 Å². The van der Waals surface area contributed by atoms with Gasteiger partial charge in [0.1, 0.15) is 0 Å². The Balaban J connectivity index is 2.61. The number of pyridine rings is 1. The number of hydrogen-bond donors (Lipinski definition) is 1. The van der Waals surface area contributed by atoms with Crippen LogP contribution in [0.4, 0.5) is 0 Å². The highest BCUT2D eigenvalue weighted by molar-refractivity contribution is 6.23. The Kier molecular flexibility index (Phi) is 1.77. The number of fused-ring (bicyclic) bond motifs is 1. The van der Waals surface area contributed by atoms with Crippen molar-refractivity contribution in [2.45, 2.75) is 18.7 Å². The highest BCUT2D eigenvalue weighted by Gasteiger charge is 2.18. The van der Waals surface area contributed by atoms with Gasteiger partial charge in [0.15, 0.2) is 0 Å². The van der Waals surface area contributed by atoms with Crippen molar-refractivity contribution in [1.82, 2.24) is 15.0 Å². The van der Waals surface area contributed by atoms with Crippen molar-refractivity contribution >= 4 is 22.6 Å². The number of aromatic amines is 1. The van der Waals surface area contributed by atoms with E-state index in [0.717, 1.165) is 16.7 Å². The van der Waals surface area contributed by atoms with E-state index >= 15 is 0 Å². The monoisotopic (exact) mass is 195 g/mol. The molecule has 0 aliphatic carbocycles. The molecule has 0 aromatic carbocycles. The molecule has 0 aliphatic heterocycles. The number of halogens is 1. The summed E-state index contributed by atoms with van der Waals surface area (Å²) in [7, 11) is 0. The standard InChI is InChI=1S/C9H10ClN3/c1-9(2,10)8-3-6-7(4-11-8)13-5-12-6/h3-5H,1-2H3,(H,12,13). The lowest BCUT2D eigenvalue weighted by molar-refractivity contribution is 0.734. The summed E-state index contributed by atoms with van der Waals surface area (Å²) < 4.78 is 0. The molecule has 1 N–H and O–H groups in total. The highest BCUT2D eigenvalue weighted by Crippen LogP contribution is 2.26. The normalized spacial score (nSPS) is 12.2. The van der Waals surface area contributed by atoms with Gasteiger partial charge in [-0.15, -0.1) is 11.6 Å². The van der Waals surface area contributed by atoms with Crippen LogP contribution in [0.1, 0.15) is 19.5 Å². The molecule has 4 heteroatoms. The van der Waals surface area contributed by atoms with Crippen LogP contribution in [-0.2, 0) is 4.87 Å². The van der Waals surface area contributed by atoms with Crippen molar-refractivity contribution in [1.29, 1.82) is 0 Å². The number of hydrogen-bond acceptors (Lipinski definition) is 2. The van der Waals surface area contributed by atoms with Crippen LogP contribution in [0, 0.1) is 0 Å². The molecule has 2 rings (SSSR count).